The van der Waals surface area contributed by atoms with E-state index < -0.39 is 0 Å². The van der Waals surface area contributed by atoms with Crippen LogP contribution in [0, 0.1) is 0 Å². The van der Waals surface area contributed by atoms with Crippen LogP contribution in [-0.4, -0.2) is 13.2 Å². The quantitative estimate of drug-likeness (QED) is 0.151. The molecule has 0 aromatic carbocycles. The Morgan fingerprint density at radius 3 is 0.852 bits per heavy atom. The van der Waals surface area contributed by atoms with E-state index in [1.165, 1.54) is 141 Å². The summed E-state index contributed by atoms with van der Waals surface area (Å²) in [6.45, 7) is 6.22. The first kappa shape index (κ1) is 27.0. The van der Waals surface area contributed by atoms with E-state index in [1.807, 2.05) is 0 Å². The Hall–Kier alpha value is -0.0400. The maximum atomic E-state index is 5.38. The van der Waals surface area contributed by atoms with Crippen molar-refractivity contribution in [1.82, 2.24) is 0 Å². The van der Waals surface area contributed by atoms with Crippen molar-refractivity contribution in [1.29, 1.82) is 0 Å². The predicted octanol–water partition coefficient (Wildman–Crippen LogP) is 9.62. The number of unbranched alkanes of at least 4 members (excludes halogenated alkanes) is 21. The van der Waals surface area contributed by atoms with Crippen LogP contribution < -0.4 is 0 Å². The Labute approximate surface area is 173 Å². The summed E-state index contributed by atoms with van der Waals surface area (Å²) >= 11 is 0. The minimum Gasteiger partial charge on any atom is -0.382 e. The van der Waals surface area contributed by atoms with Gasteiger partial charge in [0.15, 0.2) is 0 Å². The van der Waals surface area contributed by atoms with Crippen molar-refractivity contribution in [3.63, 3.8) is 0 Å². The molecule has 164 valence electrons. The second-order valence-electron chi connectivity index (χ2n) is 8.62. The van der Waals surface area contributed by atoms with E-state index in [0.717, 1.165) is 13.2 Å². The zero-order chi connectivity index (χ0) is 19.7. The van der Waals surface area contributed by atoms with Crippen LogP contribution in [0.15, 0.2) is 0 Å². The van der Waals surface area contributed by atoms with Gasteiger partial charge < -0.3 is 4.74 Å². The molecule has 0 N–H and O–H groups in total. The third-order valence-corrected chi connectivity index (χ3v) is 5.85. The Bertz CT molecular complexity index is 214. The van der Waals surface area contributed by atoms with E-state index >= 15 is 0 Å². The molecule has 1 heteroatoms. The van der Waals surface area contributed by atoms with E-state index in [0.29, 0.717) is 0 Å². The van der Waals surface area contributed by atoms with E-state index in [9.17, 15) is 0 Å². The summed E-state index contributed by atoms with van der Waals surface area (Å²) in [7, 11) is 0. The Kier molecular flexibility index (Phi) is 25.9. The third kappa shape index (κ3) is 26.0. The maximum Gasteiger partial charge on any atom is 0.0465 e. The van der Waals surface area contributed by atoms with Gasteiger partial charge in [-0.15, -0.1) is 0 Å². The van der Waals surface area contributed by atoms with Gasteiger partial charge in [-0.25, -0.2) is 0 Å². The molecule has 0 radical (unpaired) electrons. The van der Waals surface area contributed by atoms with Crippen LogP contribution in [0.2, 0.25) is 0 Å². The normalized spacial score (nSPS) is 11.3. The third-order valence-electron chi connectivity index (χ3n) is 5.85. The minimum atomic E-state index is 0.874. The van der Waals surface area contributed by atoms with Crippen LogP contribution in [0.4, 0.5) is 0 Å². The molecule has 0 rings (SSSR count). The Morgan fingerprint density at radius 1 is 0.333 bits per heavy atom. The highest BCUT2D eigenvalue weighted by atomic mass is 16.5. The lowest BCUT2D eigenvalue weighted by atomic mass is 10.0. The van der Waals surface area contributed by atoms with Gasteiger partial charge in [-0.1, -0.05) is 142 Å². The van der Waals surface area contributed by atoms with Crippen LogP contribution in [0.5, 0.6) is 0 Å². The molecule has 0 aliphatic carbocycles. The summed E-state index contributed by atoms with van der Waals surface area (Å²) < 4.78 is 5.38. The van der Waals surface area contributed by atoms with E-state index in [4.69, 9.17) is 4.74 Å². The van der Waals surface area contributed by atoms with E-state index in [-0.39, 0.29) is 0 Å². The monoisotopic (exact) mass is 382 g/mol. The van der Waals surface area contributed by atoms with Crippen LogP contribution >= 0.6 is 0 Å². The summed E-state index contributed by atoms with van der Waals surface area (Å²) in [5.41, 5.74) is 0. The second kappa shape index (κ2) is 26.0. The van der Waals surface area contributed by atoms with Gasteiger partial charge in [0.25, 0.3) is 0 Å². The van der Waals surface area contributed by atoms with Crippen LogP contribution in [-0.2, 0) is 4.74 Å². The van der Waals surface area contributed by atoms with Gasteiger partial charge in [-0.3, -0.25) is 0 Å². The van der Waals surface area contributed by atoms with E-state index in [1.54, 1.807) is 0 Å². The first-order chi connectivity index (χ1) is 13.4. The van der Waals surface area contributed by atoms with Crippen molar-refractivity contribution in [2.24, 2.45) is 0 Å². The average molecular weight is 383 g/mol. The molecule has 0 aliphatic heterocycles. The first-order valence-corrected chi connectivity index (χ1v) is 13.0. The van der Waals surface area contributed by atoms with Gasteiger partial charge in [-0.05, 0) is 13.3 Å². The molecule has 0 spiro atoms. The molecule has 0 aromatic rings. The highest BCUT2D eigenvalue weighted by molar-refractivity contribution is 4.51. The molecule has 0 heterocycles. The second-order valence-corrected chi connectivity index (χ2v) is 8.62. The van der Waals surface area contributed by atoms with Gasteiger partial charge in [-0.2, -0.15) is 0 Å². The molecule has 0 bridgehead atoms. The lowest BCUT2D eigenvalue weighted by Crippen LogP contribution is -1.92. The molecule has 0 amide bonds. The topological polar surface area (TPSA) is 9.23 Å². The van der Waals surface area contributed by atoms with Gasteiger partial charge in [0, 0.05) is 13.2 Å². The summed E-state index contributed by atoms with van der Waals surface area (Å²) in [4.78, 5) is 0. The fraction of sp³-hybridized carbons (Fsp3) is 1.00. The molecule has 1 nitrogen and oxygen atoms in total. The molecular formula is C26H54O. The fourth-order valence-corrected chi connectivity index (χ4v) is 3.96. The van der Waals surface area contributed by atoms with Crippen molar-refractivity contribution in [3.8, 4) is 0 Å². The summed E-state index contributed by atoms with van der Waals surface area (Å²) in [6.07, 6.45) is 31.9. The number of ether oxygens (including phenoxy) is 1. The summed E-state index contributed by atoms with van der Waals surface area (Å²) in [6, 6.07) is 0. The number of hydrogen-bond donors (Lipinski definition) is 0. The largest absolute Gasteiger partial charge is 0.382 e. The zero-order valence-corrected chi connectivity index (χ0v) is 19.4. The highest BCUT2D eigenvalue weighted by Crippen LogP contribution is 2.15. The SMILES string of the molecule is CCCCCCCCCCCCCCCCCCCCCCCCOCC. The van der Waals surface area contributed by atoms with Crippen LogP contribution in [0.1, 0.15) is 155 Å². The van der Waals surface area contributed by atoms with Crippen molar-refractivity contribution in [2.45, 2.75) is 155 Å². The lowest BCUT2D eigenvalue weighted by Gasteiger charge is -2.04. The van der Waals surface area contributed by atoms with Crippen LogP contribution in [0.3, 0.4) is 0 Å². The molecule has 0 atom stereocenters. The standard InChI is InChI=1S/C26H54O/c1-3-5-6-7-8-9-10-11-12-13-14-15-16-17-18-19-20-21-22-23-24-25-26-27-4-2/h3-26H2,1-2H3. The van der Waals surface area contributed by atoms with Gasteiger partial charge in [0.1, 0.15) is 0 Å². The van der Waals surface area contributed by atoms with Gasteiger partial charge in [0.05, 0.1) is 0 Å². The van der Waals surface area contributed by atoms with E-state index in [2.05, 4.69) is 13.8 Å². The van der Waals surface area contributed by atoms with Crippen molar-refractivity contribution < 1.29 is 4.74 Å². The smallest absolute Gasteiger partial charge is 0.0465 e. The molecule has 0 saturated heterocycles. The summed E-state index contributed by atoms with van der Waals surface area (Å²) in [5, 5.41) is 0. The predicted molar refractivity (Wildman–Crippen MR) is 124 cm³/mol. The molecule has 0 fully saturated rings. The van der Waals surface area contributed by atoms with Crippen molar-refractivity contribution in [2.75, 3.05) is 13.2 Å². The minimum absolute atomic E-state index is 0.874. The number of rotatable bonds is 24. The van der Waals surface area contributed by atoms with Crippen molar-refractivity contribution >= 4 is 0 Å². The average Bonchev–Trinajstić information content (AvgIpc) is 2.68. The molecule has 0 aromatic heterocycles. The Morgan fingerprint density at radius 2 is 0.593 bits per heavy atom. The zero-order valence-electron chi connectivity index (χ0n) is 19.4. The molecular weight excluding hydrogens is 328 g/mol. The molecule has 0 aliphatic rings. The molecule has 27 heavy (non-hydrogen) atoms. The van der Waals surface area contributed by atoms with Crippen LogP contribution in [0.25, 0.3) is 0 Å². The van der Waals surface area contributed by atoms with Gasteiger partial charge >= 0.3 is 0 Å². The van der Waals surface area contributed by atoms with Gasteiger partial charge in [0.2, 0.25) is 0 Å². The maximum absolute atomic E-state index is 5.38. The molecule has 0 saturated carbocycles. The Balaban J connectivity index is 2.95. The lowest BCUT2D eigenvalue weighted by molar-refractivity contribution is 0.143. The number of hydrogen-bond acceptors (Lipinski definition) is 1. The first-order valence-electron chi connectivity index (χ1n) is 13.0. The van der Waals surface area contributed by atoms with Crippen molar-refractivity contribution in [3.05, 3.63) is 0 Å². The molecule has 0 unspecified atom stereocenters. The summed E-state index contributed by atoms with van der Waals surface area (Å²) in [5.74, 6) is 0. The highest BCUT2D eigenvalue weighted by Gasteiger charge is 1.95. The fourth-order valence-electron chi connectivity index (χ4n) is 3.96.